The van der Waals surface area contributed by atoms with Crippen molar-refractivity contribution in [2.24, 2.45) is 0 Å². The Bertz CT molecular complexity index is 923. The molecule has 0 fully saturated rings. The minimum atomic E-state index is -0.0130. The van der Waals surface area contributed by atoms with Crippen LogP contribution in [0.1, 0.15) is 29.3 Å². The summed E-state index contributed by atoms with van der Waals surface area (Å²) in [4.78, 5) is 17.5. The normalized spacial score (nSPS) is 11.5. The van der Waals surface area contributed by atoms with Crippen molar-refractivity contribution >= 4 is 10.9 Å². The molecule has 1 N–H and O–H groups in total. The maximum absolute atomic E-state index is 12.4. The Kier molecular flexibility index (Phi) is 4.53. The fourth-order valence-corrected chi connectivity index (χ4v) is 3.07. The number of nitrogens with one attached hydrogen (secondary N) is 1. The van der Waals surface area contributed by atoms with E-state index < -0.39 is 0 Å². The van der Waals surface area contributed by atoms with Gasteiger partial charge >= 0.3 is 0 Å². The molecule has 0 atom stereocenters. The van der Waals surface area contributed by atoms with E-state index in [1.165, 1.54) is 11.3 Å². The molecule has 126 valence electrons. The minimum Gasteiger partial charge on any atom is -0.322 e. The highest BCUT2D eigenvalue weighted by molar-refractivity contribution is 5.79. The molecule has 2 heterocycles. The van der Waals surface area contributed by atoms with Crippen molar-refractivity contribution in [2.45, 2.75) is 40.4 Å². The summed E-state index contributed by atoms with van der Waals surface area (Å²) in [6.07, 6.45) is 1.92. The van der Waals surface area contributed by atoms with Gasteiger partial charge in [-0.2, -0.15) is 5.10 Å². The first-order chi connectivity index (χ1) is 11.5. The lowest BCUT2D eigenvalue weighted by Gasteiger charge is -2.16. The fourth-order valence-electron chi connectivity index (χ4n) is 3.07. The van der Waals surface area contributed by atoms with E-state index in [9.17, 15) is 4.79 Å². The number of hydrogen-bond acceptors (Lipinski definition) is 3. The molecule has 0 amide bonds. The van der Waals surface area contributed by atoms with Gasteiger partial charge in [-0.1, -0.05) is 12.1 Å². The first kappa shape index (κ1) is 16.5. The Balaban J connectivity index is 1.81. The third-order valence-electron chi connectivity index (χ3n) is 4.46. The van der Waals surface area contributed by atoms with Gasteiger partial charge in [-0.3, -0.25) is 14.4 Å². The molecule has 0 unspecified atom stereocenters. The summed E-state index contributed by atoms with van der Waals surface area (Å²) in [5.41, 5.74) is 5.20. The van der Waals surface area contributed by atoms with E-state index in [0.717, 1.165) is 35.1 Å². The Morgan fingerprint density at radius 3 is 2.62 bits per heavy atom. The van der Waals surface area contributed by atoms with Crippen LogP contribution in [-0.4, -0.2) is 26.7 Å². The van der Waals surface area contributed by atoms with E-state index in [1.54, 1.807) is 0 Å². The summed E-state index contributed by atoms with van der Waals surface area (Å²) in [5, 5.41) is 5.45. The van der Waals surface area contributed by atoms with Gasteiger partial charge in [0.05, 0.1) is 6.20 Å². The van der Waals surface area contributed by atoms with E-state index in [4.69, 9.17) is 0 Å². The van der Waals surface area contributed by atoms with Crippen molar-refractivity contribution in [3.63, 3.8) is 0 Å². The predicted molar refractivity (Wildman–Crippen MR) is 97.1 cm³/mol. The highest BCUT2D eigenvalue weighted by atomic mass is 16.1. The molecule has 5 nitrogen and oxygen atoms in total. The highest BCUT2D eigenvalue weighted by Gasteiger charge is 2.11. The molecular formula is C19H24N4O. The van der Waals surface area contributed by atoms with E-state index in [1.807, 2.05) is 37.0 Å². The molecular weight excluding hydrogens is 300 g/mol. The maximum atomic E-state index is 12.4. The summed E-state index contributed by atoms with van der Waals surface area (Å²) < 4.78 is 1.99. The van der Waals surface area contributed by atoms with Crippen molar-refractivity contribution in [3.05, 3.63) is 63.2 Å². The van der Waals surface area contributed by atoms with Gasteiger partial charge in [0.25, 0.3) is 5.56 Å². The lowest BCUT2D eigenvalue weighted by atomic mass is 10.1. The van der Waals surface area contributed by atoms with Crippen molar-refractivity contribution in [3.8, 4) is 0 Å². The molecule has 3 rings (SSSR count). The van der Waals surface area contributed by atoms with Crippen molar-refractivity contribution in [1.29, 1.82) is 0 Å². The molecule has 24 heavy (non-hydrogen) atoms. The Labute approximate surface area is 141 Å². The minimum absolute atomic E-state index is 0.0130. The standard InChI is InChI=1S/C19H24N4O/c1-5-23-14(3)17(10-20-23)12-22(4)11-16-9-15-7-6-13(2)8-18(15)21-19(16)24/h6-10H,5,11-12H2,1-4H3,(H,21,24). The van der Waals surface area contributed by atoms with Gasteiger partial charge in [-0.05, 0) is 50.9 Å². The molecule has 2 aromatic heterocycles. The number of H-pyrrole nitrogens is 1. The summed E-state index contributed by atoms with van der Waals surface area (Å²) in [6, 6.07) is 8.12. The molecule has 0 radical (unpaired) electrons. The Morgan fingerprint density at radius 1 is 1.17 bits per heavy atom. The third kappa shape index (κ3) is 3.26. The molecule has 0 saturated carbocycles. The Morgan fingerprint density at radius 2 is 1.92 bits per heavy atom. The number of aromatic nitrogens is 3. The molecule has 0 aliphatic rings. The molecule has 5 heteroatoms. The second-order valence-electron chi connectivity index (χ2n) is 6.46. The largest absolute Gasteiger partial charge is 0.322 e. The third-order valence-corrected chi connectivity index (χ3v) is 4.46. The van der Waals surface area contributed by atoms with Crippen LogP contribution in [0, 0.1) is 13.8 Å². The lowest BCUT2D eigenvalue weighted by molar-refractivity contribution is 0.317. The summed E-state index contributed by atoms with van der Waals surface area (Å²) in [7, 11) is 2.03. The number of pyridine rings is 1. The van der Waals surface area contributed by atoms with Crippen LogP contribution in [0.15, 0.2) is 35.3 Å². The molecule has 3 aromatic rings. The van der Waals surface area contributed by atoms with Crippen LogP contribution in [0.2, 0.25) is 0 Å². The van der Waals surface area contributed by atoms with Crippen LogP contribution in [0.4, 0.5) is 0 Å². The highest BCUT2D eigenvalue weighted by Crippen LogP contribution is 2.15. The molecule has 0 aliphatic carbocycles. The van der Waals surface area contributed by atoms with Gasteiger partial charge in [0, 0.05) is 42.0 Å². The number of nitrogens with zero attached hydrogens (tertiary/aromatic N) is 3. The SMILES string of the molecule is CCn1ncc(CN(C)Cc2cc3ccc(C)cc3[nH]c2=O)c1C. The number of fused-ring (bicyclic) bond motifs is 1. The van der Waals surface area contributed by atoms with Gasteiger partial charge in [-0.25, -0.2) is 0 Å². The smallest absolute Gasteiger partial charge is 0.252 e. The lowest BCUT2D eigenvalue weighted by Crippen LogP contribution is -2.23. The predicted octanol–water partition coefficient (Wildman–Crippen LogP) is 2.99. The second-order valence-corrected chi connectivity index (χ2v) is 6.46. The van der Waals surface area contributed by atoms with Crippen LogP contribution in [0.5, 0.6) is 0 Å². The number of benzene rings is 1. The average Bonchev–Trinajstić information content (AvgIpc) is 2.88. The zero-order valence-electron chi connectivity index (χ0n) is 14.8. The number of aryl methyl sites for hydroxylation is 2. The zero-order chi connectivity index (χ0) is 17.3. The van der Waals surface area contributed by atoms with E-state index >= 15 is 0 Å². The van der Waals surface area contributed by atoms with Gasteiger partial charge in [-0.15, -0.1) is 0 Å². The van der Waals surface area contributed by atoms with Crippen molar-refractivity contribution < 1.29 is 0 Å². The monoisotopic (exact) mass is 324 g/mol. The zero-order valence-corrected chi connectivity index (χ0v) is 14.8. The average molecular weight is 324 g/mol. The van der Waals surface area contributed by atoms with Gasteiger partial charge in [0.1, 0.15) is 0 Å². The topological polar surface area (TPSA) is 53.9 Å². The fraction of sp³-hybridized carbons (Fsp3) is 0.368. The van der Waals surface area contributed by atoms with Gasteiger partial charge < -0.3 is 4.98 Å². The molecule has 0 saturated heterocycles. The van der Waals surface area contributed by atoms with Crippen molar-refractivity contribution in [1.82, 2.24) is 19.7 Å². The first-order valence-corrected chi connectivity index (χ1v) is 8.30. The first-order valence-electron chi connectivity index (χ1n) is 8.30. The molecule has 0 spiro atoms. The van der Waals surface area contributed by atoms with Crippen LogP contribution >= 0.6 is 0 Å². The van der Waals surface area contributed by atoms with E-state index in [2.05, 4.69) is 41.0 Å². The summed E-state index contributed by atoms with van der Waals surface area (Å²) in [5.74, 6) is 0. The van der Waals surface area contributed by atoms with E-state index in [0.29, 0.717) is 6.54 Å². The number of rotatable bonds is 5. The van der Waals surface area contributed by atoms with Gasteiger partial charge in [0.2, 0.25) is 0 Å². The molecule has 0 aliphatic heterocycles. The Hall–Kier alpha value is -2.40. The number of aromatic amines is 1. The van der Waals surface area contributed by atoms with E-state index in [-0.39, 0.29) is 5.56 Å². The van der Waals surface area contributed by atoms with Crippen LogP contribution in [0.25, 0.3) is 10.9 Å². The van der Waals surface area contributed by atoms with Gasteiger partial charge in [0.15, 0.2) is 0 Å². The number of hydrogen-bond donors (Lipinski definition) is 1. The summed E-state index contributed by atoms with van der Waals surface area (Å²) in [6.45, 7) is 8.46. The molecule has 0 bridgehead atoms. The van der Waals surface area contributed by atoms with Crippen molar-refractivity contribution in [2.75, 3.05) is 7.05 Å². The van der Waals surface area contributed by atoms with Crippen LogP contribution in [0.3, 0.4) is 0 Å². The quantitative estimate of drug-likeness (QED) is 0.785. The maximum Gasteiger partial charge on any atom is 0.252 e. The molecule has 1 aromatic carbocycles. The second kappa shape index (κ2) is 6.61. The summed E-state index contributed by atoms with van der Waals surface area (Å²) >= 11 is 0. The van der Waals surface area contributed by atoms with Crippen LogP contribution < -0.4 is 5.56 Å². The van der Waals surface area contributed by atoms with Crippen LogP contribution in [-0.2, 0) is 19.6 Å².